The maximum Gasteiger partial charge on any atom is 0.370 e. The first kappa shape index (κ1) is 18.4. The van der Waals surface area contributed by atoms with E-state index < -0.39 is 54.6 Å². The fraction of sp³-hybridized carbons (Fsp3) is 0.692. The van der Waals surface area contributed by atoms with Crippen molar-refractivity contribution in [3.8, 4) is 0 Å². The summed E-state index contributed by atoms with van der Waals surface area (Å²) >= 11 is 0. The summed E-state index contributed by atoms with van der Waals surface area (Å²) in [6.45, 7) is 0.543. The highest BCUT2D eigenvalue weighted by atomic mass is 16.5. The third-order valence-electron chi connectivity index (χ3n) is 3.40. The van der Waals surface area contributed by atoms with Gasteiger partial charge in [0.05, 0.1) is 18.7 Å². The molecule has 0 aromatic rings. The summed E-state index contributed by atoms with van der Waals surface area (Å²) in [5.74, 6) is -2.12. The van der Waals surface area contributed by atoms with Crippen molar-refractivity contribution in [2.24, 2.45) is 0 Å². The number of hydrogen-bond acceptors (Lipinski definition) is 7. The van der Waals surface area contributed by atoms with Crippen LogP contribution in [0, 0.1) is 0 Å². The number of carbonyl (C=O) groups excluding carboxylic acids is 1. The molecule has 5 N–H and O–H groups in total. The second kappa shape index (κ2) is 7.54. The number of likely N-dealkylation sites (N-methyl/N-ethyl adjacent to an activating group) is 1. The monoisotopic (exact) mass is 318 g/mol. The zero-order valence-corrected chi connectivity index (χ0v) is 12.6. The first-order valence-electron chi connectivity index (χ1n) is 6.71. The van der Waals surface area contributed by atoms with E-state index in [0.29, 0.717) is 0 Å². The molecule has 9 heteroatoms. The van der Waals surface area contributed by atoms with E-state index in [-0.39, 0.29) is 0 Å². The summed E-state index contributed by atoms with van der Waals surface area (Å²) in [7, 11) is 3.35. The van der Waals surface area contributed by atoms with Crippen LogP contribution in [0.25, 0.3) is 0 Å². The minimum Gasteiger partial charge on any atom is -0.478 e. The first-order valence-corrected chi connectivity index (χ1v) is 6.71. The van der Waals surface area contributed by atoms with Crippen LogP contribution in [0.5, 0.6) is 0 Å². The summed E-state index contributed by atoms with van der Waals surface area (Å²) in [5, 5.41) is 40.4. The average molecular weight is 318 g/mol. The van der Waals surface area contributed by atoms with Gasteiger partial charge >= 0.3 is 5.97 Å². The molecule has 1 rings (SSSR count). The van der Waals surface area contributed by atoms with Gasteiger partial charge < -0.3 is 35.4 Å². The number of carbonyl (C=O) groups is 2. The van der Waals surface area contributed by atoms with Crippen LogP contribution in [0.1, 0.15) is 6.92 Å². The Kier molecular flexibility index (Phi) is 6.30. The minimum atomic E-state index is -1.58. The topological polar surface area (TPSA) is 140 Å². The third-order valence-corrected chi connectivity index (χ3v) is 3.40. The highest BCUT2D eigenvalue weighted by molar-refractivity contribution is 5.84. The number of hydrogen-bond donors (Lipinski definition) is 5. The van der Waals surface area contributed by atoms with E-state index in [9.17, 15) is 19.8 Å². The molecule has 0 aromatic carbocycles. The standard InChI is InChI=1S/C13H22N2O7/c1-6(17)14-10-7(15(2)3)4-9(13(20)21)22-12(10)11(19)8(18)5-16/h4,7-8,10-12,16,18-19H,5H2,1-3H3,(H,14,17)(H,20,21)/t7-,8+,10+,11+,12+/m0/s1. The number of nitrogens with zero attached hydrogens (tertiary/aromatic N) is 1. The Bertz CT molecular complexity index is 452. The lowest BCUT2D eigenvalue weighted by atomic mass is 9.91. The van der Waals surface area contributed by atoms with E-state index in [1.807, 2.05) is 0 Å². The van der Waals surface area contributed by atoms with Gasteiger partial charge in [0.2, 0.25) is 11.7 Å². The molecule has 0 unspecified atom stereocenters. The van der Waals surface area contributed by atoms with Gasteiger partial charge in [0, 0.05) is 6.92 Å². The van der Waals surface area contributed by atoms with Gasteiger partial charge in [-0.1, -0.05) is 0 Å². The summed E-state index contributed by atoms with van der Waals surface area (Å²) < 4.78 is 5.23. The van der Waals surface area contributed by atoms with Gasteiger partial charge in [-0.2, -0.15) is 0 Å². The summed E-state index contributed by atoms with van der Waals surface area (Å²) in [6, 6.07) is -1.37. The normalized spacial score (nSPS) is 27.6. The van der Waals surface area contributed by atoms with Crippen LogP contribution in [-0.4, -0.2) is 88.3 Å². The average Bonchev–Trinajstić information content (AvgIpc) is 2.44. The van der Waals surface area contributed by atoms with Crippen LogP contribution in [0.2, 0.25) is 0 Å². The SMILES string of the molecule is CC(=O)N[C@H]1[C@H]([C@H](O)[C@H](O)CO)OC(C(=O)O)=C[C@@H]1N(C)C. The Morgan fingerprint density at radius 3 is 2.41 bits per heavy atom. The lowest BCUT2D eigenvalue weighted by molar-refractivity contribution is -0.147. The second-order valence-electron chi connectivity index (χ2n) is 5.34. The highest BCUT2D eigenvalue weighted by Gasteiger charge is 2.44. The fourth-order valence-corrected chi connectivity index (χ4v) is 2.32. The summed E-state index contributed by atoms with van der Waals surface area (Å²) in [5.41, 5.74) is 0. The number of ether oxygens (including phenoxy) is 1. The number of rotatable bonds is 6. The van der Waals surface area contributed by atoms with Crippen molar-refractivity contribution in [1.29, 1.82) is 0 Å². The van der Waals surface area contributed by atoms with Crippen LogP contribution in [0.15, 0.2) is 11.8 Å². The molecule has 0 radical (unpaired) electrons. The molecule has 0 aliphatic carbocycles. The minimum absolute atomic E-state index is 0.394. The van der Waals surface area contributed by atoms with Gasteiger partial charge in [-0.25, -0.2) is 4.79 Å². The zero-order valence-electron chi connectivity index (χ0n) is 12.6. The number of carboxylic acid groups (broad SMARTS) is 1. The second-order valence-corrected chi connectivity index (χ2v) is 5.34. The van der Waals surface area contributed by atoms with Crippen LogP contribution >= 0.6 is 0 Å². The van der Waals surface area contributed by atoms with Crippen LogP contribution in [-0.2, 0) is 14.3 Å². The molecular formula is C13H22N2O7. The third kappa shape index (κ3) is 4.17. The Balaban J connectivity index is 3.21. The van der Waals surface area contributed by atoms with Gasteiger partial charge in [0.15, 0.2) is 0 Å². The van der Waals surface area contributed by atoms with Crippen LogP contribution in [0.4, 0.5) is 0 Å². The Labute approximate surface area is 127 Å². The molecule has 0 saturated heterocycles. The Hall–Kier alpha value is -1.68. The van der Waals surface area contributed by atoms with Crippen molar-refractivity contribution in [2.45, 2.75) is 37.3 Å². The zero-order chi connectivity index (χ0) is 17.0. The lowest BCUT2D eigenvalue weighted by Crippen LogP contribution is -2.62. The number of aliphatic hydroxyl groups excluding tert-OH is 3. The molecule has 0 fully saturated rings. The first-order chi connectivity index (χ1) is 10.2. The van der Waals surface area contributed by atoms with Gasteiger partial charge in [-0.15, -0.1) is 0 Å². The number of nitrogens with one attached hydrogen (secondary N) is 1. The Morgan fingerprint density at radius 1 is 1.41 bits per heavy atom. The van der Waals surface area contributed by atoms with Crippen LogP contribution < -0.4 is 5.32 Å². The molecule has 0 bridgehead atoms. The van der Waals surface area contributed by atoms with Crippen molar-refractivity contribution in [1.82, 2.24) is 10.2 Å². The molecule has 9 nitrogen and oxygen atoms in total. The molecule has 1 heterocycles. The van der Waals surface area contributed by atoms with E-state index in [2.05, 4.69) is 5.32 Å². The molecule has 1 aliphatic heterocycles. The number of amides is 1. The molecule has 1 amide bonds. The molecule has 5 atom stereocenters. The van der Waals surface area contributed by atoms with Crippen molar-refractivity contribution >= 4 is 11.9 Å². The molecule has 0 saturated carbocycles. The largest absolute Gasteiger partial charge is 0.478 e. The number of carboxylic acids is 1. The van der Waals surface area contributed by atoms with E-state index >= 15 is 0 Å². The smallest absolute Gasteiger partial charge is 0.370 e. The summed E-state index contributed by atoms with van der Waals surface area (Å²) in [6.07, 6.45) is -3.02. The predicted molar refractivity (Wildman–Crippen MR) is 74.8 cm³/mol. The molecule has 1 aliphatic rings. The van der Waals surface area contributed by atoms with E-state index in [0.717, 1.165) is 0 Å². The molecular weight excluding hydrogens is 296 g/mol. The highest BCUT2D eigenvalue weighted by Crippen LogP contribution is 2.25. The van der Waals surface area contributed by atoms with Gasteiger partial charge in [-0.3, -0.25) is 4.79 Å². The predicted octanol–water partition coefficient (Wildman–Crippen LogP) is -2.50. The van der Waals surface area contributed by atoms with Crippen molar-refractivity contribution < 1.29 is 34.8 Å². The van der Waals surface area contributed by atoms with E-state index in [1.165, 1.54) is 13.0 Å². The number of aliphatic carboxylic acids is 1. The van der Waals surface area contributed by atoms with E-state index in [4.69, 9.17) is 14.9 Å². The Morgan fingerprint density at radius 2 is 2.00 bits per heavy atom. The molecule has 126 valence electrons. The molecule has 0 spiro atoms. The molecule has 0 aromatic heterocycles. The van der Waals surface area contributed by atoms with Gasteiger partial charge in [0.1, 0.15) is 18.3 Å². The van der Waals surface area contributed by atoms with Gasteiger partial charge in [-0.05, 0) is 20.2 Å². The van der Waals surface area contributed by atoms with E-state index in [1.54, 1.807) is 19.0 Å². The quantitative estimate of drug-likeness (QED) is 0.362. The number of aliphatic hydroxyl groups is 3. The van der Waals surface area contributed by atoms with Crippen molar-refractivity contribution in [3.05, 3.63) is 11.8 Å². The lowest BCUT2D eigenvalue weighted by Gasteiger charge is -2.42. The molecule has 22 heavy (non-hydrogen) atoms. The maximum absolute atomic E-state index is 11.4. The van der Waals surface area contributed by atoms with Crippen LogP contribution in [0.3, 0.4) is 0 Å². The van der Waals surface area contributed by atoms with Crippen molar-refractivity contribution in [3.63, 3.8) is 0 Å². The van der Waals surface area contributed by atoms with Gasteiger partial charge in [0.25, 0.3) is 0 Å². The summed E-state index contributed by atoms with van der Waals surface area (Å²) in [4.78, 5) is 24.2. The van der Waals surface area contributed by atoms with Crippen molar-refractivity contribution in [2.75, 3.05) is 20.7 Å². The fourth-order valence-electron chi connectivity index (χ4n) is 2.32. The maximum atomic E-state index is 11.4.